The van der Waals surface area contributed by atoms with Gasteiger partial charge in [-0.15, -0.1) is 0 Å². The second-order valence-electron chi connectivity index (χ2n) is 4.00. The second-order valence-corrected chi connectivity index (χ2v) is 4.00. The summed E-state index contributed by atoms with van der Waals surface area (Å²) in [5, 5.41) is 6.11. The van der Waals surface area contributed by atoms with Gasteiger partial charge in [0.05, 0.1) is 0 Å². The van der Waals surface area contributed by atoms with Crippen molar-refractivity contribution < 1.29 is 4.79 Å². The Hall–Kier alpha value is -0.570. The molecule has 1 fully saturated rings. The molecular weight excluding hydrogens is 164 g/mol. The van der Waals surface area contributed by atoms with Crippen LogP contribution in [0.5, 0.6) is 0 Å². The van der Waals surface area contributed by atoms with Crippen LogP contribution in [-0.2, 0) is 4.79 Å². The van der Waals surface area contributed by atoms with E-state index in [1.807, 2.05) is 0 Å². The zero-order chi connectivity index (χ0) is 9.68. The molecule has 13 heavy (non-hydrogen) atoms. The van der Waals surface area contributed by atoms with Crippen molar-refractivity contribution in [1.82, 2.24) is 10.6 Å². The van der Waals surface area contributed by atoms with Crippen molar-refractivity contribution in [3.63, 3.8) is 0 Å². The van der Waals surface area contributed by atoms with Gasteiger partial charge in [-0.1, -0.05) is 6.92 Å². The van der Waals surface area contributed by atoms with Crippen LogP contribution in [0.2, 0.25) is 0 Å². The summed E-state index contributed by atoms with van der Waals surface area (Å²) < 4.78 is 0. The lowest BCUT2D eigenvalue weighted by Crippen LogP contribution is -2.32. The molecule has 1 unspecified atom stereocenters. The summed E-state index contributed by atoms with van der Waals surface area (Å²) in [5.74, 6) is 1.82. The van der Waals surface area contributed by atoms with Crippen LogP contribution in [0.15, 0.2) is 0 Å². The van der Waals surface area contributed by atoms with Crippen molar-refractivity contribution in [2.75, 3.05) is 19.6 Å². The van der Waals surface area contributed by atoms with Crippen molar-refractivity contribution in [2.45, 2.75) is 26.7 Å². The van der Waals surface area contributed by atoms with Crippen molar-refractivity contribution in [3.8, 4) is 0 Å². The molecule has 0 aromatic heterocycles. The highest BCUT2D eigenvalue weighted by Crippen LogP contribution is 2.35. The van der Waals surface area contributed by atoms with E-state index >= 15 is 0 Å². The lowest BCUT2D eigenvalue weighted by molar-refractivity contribution is -0.118. The van der Waals surface area contributed by atoms with Gasteiger partial charge < -0.3 is 10.6 Å². The highest BCUT2D eigenvalue weighted by molar-refractivity contribution is 5.72. The van der Waals surface area contributed by atoms with Gasteiger partial charge in [0.1, 0.15) is 0 Å². The Morgan fingerprint density at radius 2 is 2.15 bits per heavy atom. The van der Waals surface area contributed by atoms with Crippen molar-refractivity contribution >= 4 is 5.91 Å². The summed E-state index contributed by atoms with van der Waals surface area (Å²) in [7, 11) is 0. The van der Waals surface area contributed by atoms with Gasteiger partial charge in [0.25, 0.3) is 0 Å². The van der Waals surface area contributed by atoms with E-state index in [4.69, 9.17) is 0 Å². The third-order valence-electron chi connectivity index (χ3n) is 2.57. The van der Waals surface area contributed by atoms with E-state index in [1.165, 1.54) is 12.8 Å². The van der Waals surface area contributed by atoms with Crippen LogP contribution in [0.4, 0.5) is 0 Å². The topological polar surface area (TPSA) is 41.1 Å². The van der Waals surface area contributed by atoms with Gasteiger partial charge in [-0.25, -0.2) is 0 Å². The number of carbonyl (C=O) groups excluding carboxylic acids is 1. The van der Waals surface area contributed by atoms with Crippen LogP contribution in [0.1, 0.15) is 26.7 Å². The molecule has 3 nitrogen and oxygen atoms in total. The maximum Gasteiger partial charge on any atom is 0.216 e. The number of hydrogen-bond donors (Lipinski definition) is 2. The average molecular weight is 184 g/mol. The largest absolute Gasteiger partial charge is 0.355 e. The molecule has 3 heteroatoms. The maximum absolute atomic E-state index is 10.5. The first-order chi connectivity index (χ1) is 6.20. The molecule has 1 rings (SSSR count). The quantitative estimate of drug-likeness (QED) is 0.598. The van der Waals surface area contributed by atoms with Gasteiger partial charge in [0, 0.05) is 20.0 Å². The van der Waals surface area contributed by atoms with Crippen LogP contribution >= 0.6 is 0 Å². The molecule has 1 aliphatic rings. The smallest absolute Gasteiger partial charge is 0.216 e. The minimum absolute atomic E-state index is 0.0528. The molecule has 76 valence electrons. The fourth-order valence-corrected chi connectivity index (χ4v) is 1.49. The third kappa shape index (κ3) is 4.88. The molecule has 0 spiro atoms. The Balaban J connectivity index is 1.85. The average Bonchev–Trinajstić information content (AvgIpc) is 2.85. The minimum atomic E-state index is 0.0528. The highest BCUT2D eigenvalue weighted by atomic mass is 16.1. The first-order valence-electron chi connectivity index (χ1n) is 5.15. The zero-order valence-electron chi connectivity index (χ0n) is 8.60. The first kappa shape index (κ1) is 10.5. The summed E-state index contributed by atoms with van der Waals surface area (Å²) in [5.41, 5.74) is 0. The number of nitrogens with one attached hydrogen (secondary N) is 2. The van der Waals surface area contributed by atoms with E-state index < -0.39 is 0 Å². The van der Waals surface area contributed by atoms with Gasteiger partial charge >= 0.3 is 0 Å². The molecule has 0 aliphatic heterocycles. The summed E-state index contributed by atoms with van der Waals surface area (Å²) in [6, 6.07) is 0. The molecule has 0 radical (unpaired) electrons. The predicted molar refractivity (Wildman–Crippen MR) is 53.4 cm³/mol. The van der Waals surface area contributed by atoms with E-state index in [-0.39, 0.29) is 5.91 Å². The molecule has 0 aromatic rings. The van der Waals surface area contributed by atoms with Crippen LogP contribution < -0.4 is 10.6 Å². The Kier molecular flexibility index (Phi) is 4.22. The summed E-state index contributed by atoms with van der Waals surface area (Å²) in [6.07, 6.45) is 2.82. The van der Waals surface area contributed by atoms with E-state index in [9.17, 15) is 4.79 Å². The predicted octanol–water partition coefficient (Wildman–Crippen LogP) is 0.758. The van der Waals surface area contributed by atoms with Crippen molar-refractivity contribution in [2.24, 2.45) is 11.8 Å². The van der Waals surface area contributed by atoms with E-state index in [2.05, 4.69) is 17.6 Å². The molecule has 1 atom stereocenters. The van der Waals surface area contributed by atoms with Crippen LogP contribution in [0.3, 0.4) is 0 Å². The zero-order valence-corrected chi connectivity index (χ0v) is 8.60. The summed E-state index contributed by atoms with van der Waals surface area (Å²) in [4.78, 5) is 10.5. The van der Waals surface area contributed by atoms with Gasteiger partial charge in [-0.05, 0) is 31.2 Å². The molecule has 0 saturated heterocycles. The van der Waals surface area contributed by atoms with Crippen LogP contribution in [0, 0.1) is 11.8 Å². The molecule has 1 aliphatic carbocycles. The molecule has 0 heterocycles. The lowest BCUT2D eigenvalue weighted by atomic mass is 10.1. The van der Waals surface area contributed by atoms with E-state index in [0.717, 1.165) is 31.5 Å². The Bertz CT molecular complexity index is 166. The first-order valence-corrected chi connectivity index (χ1v) is 5.15. The minimum Gasteiger partial charge on any atom is -0.355 e. The SMILES string of the molecule is CC(=O)NCCNCC(C)C1CC1. The fraction of sp³-hybridized carbons (Fsp3) is 0.900. The monoisotopic (exact) mass is 184 g/mol. The number of hydrogen-bond acceptors (Lipinski definition) is 2. The van der Waals surface area contributed by atoms with E-state index in [0.29, 0.717) is 0 Å². The Morgan fingerprint density at radius 3 is 2.69 bits per heavy atom. The summed E-state index contributed by atoms with van der Waals surface area (Å²) >= 11 is 0. The molecular formula is C10H20N2O. The number of rotatable bonds is 6. The number of amides is 1. The van der Waals surface area contributed by atoms with Gasteiger partial charge in [0.2, 0.25) is 5.91 Å². The van der Waals surface area contributed by atoms with Crippen molar-refractivity contribution in [1.29, 1.82) is 0 Å². The second kappa shape index (κ2) is 5.22. The van der Waals surface area contributed by atoms with Gasteiger partial charge in [-0.3, -0.25) is 4.79 Å². The molecule has 0 aromatic carbocycles. The molecule has 0 bridgehead atoms. The summed E-state index contributed by atoms with van der Waals surface area (Å²) in [6.45, 7) is 6.56. The van der Waals surface area contributed by atoms with Crippen LogP contribution in [0.25, 0.3) is 0 Å². The number of carbonyl (C=O) groups is 1. The maximum atomic E-state index is 10.5. The Morgan fingerprint density at radius 1 is 1.46 bits per heavy atom. The van der Waals surface area contributed by atoms with Gasteiger partial charge in [-0.2, -0.15) is 0 Å². The highest BCUT2D eigenvalue weighted by Gasteiger charge is 2.27. The normalized spacial score (nSPS) is 18.3. The van der Waals surface area contributed by atoms with E-state index in [1.54, 1.807) is 6.92 Å². The lowest BCUT2D eigenvalue weighted by Gasteiger charge is -2.11. The fourth-order valence-electron chi connectivity index (χ4n) is 1.49. The van der Waals surface area contributed by atoms with Crippen molar-refractivity contribution in [3.05, 3.63) is 0 Å². The molecule has 2 N–H and O–H groups in total. The molecule has 1 amide bonds. The Labute approximate surface area is 80.3 Å². The molecule has 1 saturated carbocycles. The van der Waals surface area contributed by atoms with Gasteiger partial charge in [0.15, 0.2) is 0 Å². The standard InChI is InChI=1S/C10H20N2O/c1-8(10-3-4-10)7-11-5-6-12-9(2)13/h8,10-11H,3-7H2,1-2H3,(H,12,13). The van der Waals surface area contributed by atoms with Crippen LogP contribution in [-0.4, -0.2) is 25.5 Å². The third-order valence-corrected chi connectivity index (χ3v) is 2.57.